The Morgan fingerprint density at radius 3 is 0.613 bits per heavy atom. The second-order valence-corrected chi connectivity index (χ2v) is 23.1. The van der Waals surface area contributed by atoms with E-state index in [1.54, 1.807) is 0 Å². The molecule has 318 valence electrons. The fourth-order valence-corrected chi connectivity index (χ4v) is 10.5. The summed E-state index contributed by atoms with van der Waals surface area (Å²) in [5.74, 6) is 0. The molecule has 8 rings (SSSR count). The maximum Gasteiger partial charge on any atom is -0.00139 e. The molecule has 0 radical (unpaired) electrons. The van der Waals surface area contributed by atoms with Crippen LogP contribution in [0.25, 0.3) is 76.5 Å². The average Bonchev–Trinajstić information content (AvgIpc) is 3.15. The van der Waals surface area contributed by atoms with Crippen molar-refractivity contribution < 1.29 is 0 Å². The third-order valence-electron chi connectivity index (χ3n) is 13.8. The van der Waals surface area contributed by atoms with Crippen molar-refractivity contribution in [1.29, 1.82) is 0 Å². The molecule has 0 heteroatoms. The van der Waals surface area contributed by atoms with Gasteiger partial charge in [0.05, 0.1) is 0 Å². The number of benzene rings is 8. The molecule has 0 N–H and O–H groups in total. The molecule has 0 aliphatic heterocycles. The summed E-state index contributed by atoms with van der Waals surface area (Å²) in [7, 11) is 0. The van der Waals surface area contributed by atoms with Gasteiger partial charge in [-0.2, -0.15) is 0 Å². The molecule has 0 saturated carbocycles. The highest BCUT2D eigenvalue weighted by Gasteiger charge is 2.29. The van der Waals surface area contributed by atoms with E-state index in [1.165, 1.54) is 132 Å². The van der Waals surface area contributed by atoms with Crippen molar-refractivity contribution in [2.24, 2.45) is 0 Å². The van der Waals surface area contributed by atoms with Crippen LogP contribution in [-0.2, 0) is 21.7 Å². The first-order valence-electron chi connectivity index (χ1n) is 23.0. The minimum atomic E-state index is -0.0251. The van der Waals surface area contributed by atoms with Gasteiger partial charge in [0.15, 0.2) is 0 Å². The number of aryl methyl sites for hydroxylation is 6. The Kier molecular flexibility index (Phi) is 10.3. The van der Waals surface area contributed by atoms with Crippen molar-refractivity contribution in [2.45, 2.75) is 146 Å². The van der Waals surface area contributed by atoms with Crippen molar-refractivity contribution >= 4 is 43.1 Å². The van der Waals surface area contributed by atoms with Gasteiger partial charge in [0.25, 0.3) is 0 Å². The predicted molar refractivity (Wildman–Crippen MR) is 276 cm³/mol. The van der Waals surface area contributed by atoms with E-state index in [0.29, 0.717) is 0 Å². The zero-order chi connectivity index (χ0) is 45.2. The number of rotatable bonds is 3. The fraction of sp³-hybridized carbons (Fsp3) is 0.355. The summed E-state index contributed by atoms with van der Waals surface area (Å²) in [6.07, 6.45) is 0. The Balaban J connectivity index is 1.71. The van der Waals surface area contributed by atoms with Crippen molar-refractivity contribution in [3.8, 4) is 33.4 Å². The zero-order valence-electron chi connectivity index (χ0n) is 41.2. The van der Waals surface area contributed by atoms with Crippen molar-refractivity contribution in [3.63, 3.8) is 0 Å². The van der Waals surface area contributed by atoms with Gasteiger partial charge in [-0.3, -0.25) is 0 Å². The summed E-state index contributed by atoms with van der Waals surface area (Å²) in [6.45, 7) is 41.9. The predicted octanol–water partition coefficient (Wildman–Crippen LogP) is 18.3. The first-order chi connectivity index (χ1) is 28.8. The molecule has 0 nitrogen and oxygen atoms in total. The molecule has 0 heterocycles. The second kappa shape index (κ2) is 14.7. The Hall–Kier alpha value is -5.20. The third kappa shape index (κ3) is 7.36. The van der Waals surface area contributed by atoms with Crippen LogP contribution >= 0.6 is 0 Å². The molecule has 8 aromatic rings. The van der Waals surface area contributed by atoms with Gasteiger partial charge < -0.3 is 0 Å². The summed E-state index contributed by atoms with van der Waals surface area (Å²) < 4.78 is 0. The highest BCUT2D eigenvalue weighted by Crippen LogP contribution is 2.53. The van der Waals surface area contributed by atoms with Crippen LogP contribution in [0.5, 0.6) is 0 Å². The van der Waals surface area contributed by atoms with Gasteiger partial charge >= 0.3 is 0 Å². The van der Waals surface area contributed by atoms with Crippen LogP contribution in [0.3, 0.4) is 0 Å². The van der Waals surface area contributed by atoms with Crippen LogP contribution in [0.1, 0.15) is 139 Å². The lowest BCUT2D eigenvalue weighted by atomic mass is 9.75. The first-order valence-corrected chi connectivity index (χ1v) is 23.0. The molecule has 0 unspecified atom stereocenters. The maximum absolute atomic E-state index is 2.54. The maximum atomic E-state index is 2.54. The lowest BCUT2D eigenvalue weighted by Crippen LogP contribution is -2.12. The summed E-state index contributed by atoms with van der Waals surface area (Å²) in [5, 5.41) is 10.5. The molecule has 0 atom stereocenters. The summed E-state index contributed by atoms with van der Waals surface area (Å²) >= 11 is 0. The lowest BCUT2D eigenvalue weighted by Gasteiger charge is -2.28. The highest BCUT2D eigenvalue weighted by atomic mass is 14.3. The lowest BCUT2D eigenvalue weighted by molar-refractivity contribution is 0.590. The van der Waals surface area contributed by atoms with Gasteiger partial charge in [0.2, 0.25) is 0 Å². The quantitative estimate of drug-likeness (QED) is 0.156. The van der Waals surface area contributed by atoms with Gasteiger partial charge in [0.1, 0.15) is 0 Å². The van der Waals surface area contributed by atoms with Gasteiger partial charge in [0, 0.05) is 0 Å². The third-order valence-corrected chi connectivity index (χ3v) is 13.8. The standard InChI is InChI=1S/C62H70/c1-35-27-37(3)53(38(4)28-35)57-49-31-41(59(7,8)9)19-23-45(49)55(46-24-20-42(32-50(46)57)60(10,11)12)56-47-25-21-43(61(13,14)15)33-51(47)58(54-39(5)29-36(2)30-40(54)6)52-34-44(62(16,17)18)22-26-48(52)56/h19-34H,1-18H3. The molecule has 0 saturated heterocycles. The largest absolute Gasteiger partial charge is 0.0578 e. The smallest absolute Gasteiger partial charge is 0.00139 e. The number of fused-ring (bicyclic) bond motifs is 4. The molecular formula is C62H70. The Labute approximate surface area is 373 Å². The Morgan fingerprint density at radius 2 is 0.419 bits per heavy atom. The minimum absolute atomic E-state index is 0.0251. The summed E-state index contributed by atoms with van der Waals surface area (Å²) in [4.78, 5) is 0. The Bertz CT molecular complexity index is 2720. The molecule has 62 heavy (non-hydrogen) atoms. The van der Waals surface area contributed by atoms with E-state index in [0.717, 1.165) is 0 Å². The number of hydrogen-bond donors (Lipinski definition) is 0. The molecule has 0 bridgehead atoms. The normalized spacial score (nSPS) is 13.0. The molecule has 0 aliphatic rings. The molecule has 0 amide bonds. The van der Waals surface area contributed by atoms with Crippen LogP contribution in [0.15, 0.2) is 97.1 Å². The molecular weight excluding hydrogens is 745 g/mol. The molecule has 8 aromatic carbocycles. The van der Waals surface area contributed by atoms with Gasteiger partial charge in [-0.1, -0.05) is 167 Å². The summed E-state index contributed by atoms with van der Waals surface area (Å²) in [6, 6.07) is 39.2. The topological polar surface area (TPSA) is 0 Å². The van der Waals surface area contributed by atoms with Crippen LogP contribution < -0.4 is 0 Å². The average molecular weight is 815 g/mol. The van der Waals surface area contributed by atoms with Crippen molar-refractivity contribution in [1.82, 2.24) is 0 Å². The first kappa shape index (κ1) is 43.4. The number of hydrogen-bond acceptors (Lipinski definition) is 0. The molecule has 0 spiro atoms. The van der Waals surface area contributed by atoms with Crippen molar-refractivity contribution in [2.75, 3.05) is 0 Å². The van der Waals surface area contributed by atoms with E-state index in [4.69, 9.17) is 0 Å². The Morgan fingerprint density at radius 1 is 0.226 bits per heavy atom. The zero-order valence-corrected chi connectivity index (χ0v) is 41.2. The van der Waals surface area contributed by atoms with Crippen molar-refractivity contribution in [3.05, 3.63) is 153 Å². The monoisotopic (exact) mass is 815 g/mol. The van der Waals surface area contributed by atoms with E-state index >= 15 is 0 Å². The van der Waals surface area contributed by atoms with Crippen LogP contribution in [-0.4, -0.2) is 0 Å². The van der Waals surface area contributed by atoms with E-state index in [2.05, 4.69) is 222 Å². The highest BCUT2D eigenvalue weighted by molar-refractivity contribution is 6.30. The van der Waals surface area contributed by atoms with Crippen LogP contribution in [0.4, 0.5) is 0 Å². The molecule has 0 aliphatic carbocycles. The SMILES string of the molecule is Cc1cc(C)c(-c2c3cc(C(C)(C)C)ccc3c(-c3c4ccc(C(C)(C)C)cc4c(-c4c(C)cc(C)cc4C)c4cc(C(C)(C)C)ccc34)c3ccc(C(C)(C)C)cc23)c(C)c1. The van der Waals surface area contributed by atoms with Crippen LogP contribution in [0.2, 0.25) is 0 Å². The van der Waals surface area contributed by atoms with E-state index in [-0.39, 0.29) is 21.7 Å². The van der Waals surface area contributed by atoms with Gasteiger partial charge in [-0.25, -0.2) is 0 Å². The van der Waals surface area contributed by atoms with Gasteiger partial charge in [-0.05, 0) is 208 Å². The minimum Gasteiger partial charge on any atom is -0.0578 e. The summed E-state index contributed by atoms with van der Waals surface area (Å²) in [5.41, 5.74) is 21.3. The van der Waals surface area contributed by atoms with E-state index < -0.39 is 0 Å². The van der Waals surface area contributed by atoms with E-state index in [1.807, 2.05) is 0 Å². The second-order valence-electron chi connectivity index (χ2n) is 23.1. The molecule has 0 aromatic heterocycles. The molecule has 0 fully saturated rings. The van der Waals surface area contributed by atoms with Crippen LogP contribution in [0, 0.1) is 41.5 Å². The van der Waals surface area contributed by atoms with E-state index in [9.17, 15) is 0 Å². The van der Waals surface area contributed by atoms with Gasteiger partial charge in [-0.15, -0.1) is 0 Å². The fourth-order valence-electron chi connectivity index (χ4n) is 10.5.